The molecule has 0 spiro atoms. The van der Waals surface area contributed by atoms with Crippen LogP contribution >= 0.6 is 11.8 Å². The minimum Gasteiger partial charge on any atom is -0.497 e. The molecule has 0 radical (unpaired) electrons. The summed E-state index contributed by atoms with van der Waals surface area (Å²) in [7, 11) is 1.65. The summed E-state index contributed by atoms with van der Waals surface area (Å²) in [6, 6.07) is 7.94. The van der Waals surface area contributed by atoms with Crippen molar-refractivity contribution < 1.29 is 4.74 Å². The Morgan fingerprint density at radius 3 is 2.50 bits per heavy atom. The van der Waals surface area contributed by atoms with Gasteiger partial charge in [0.2, 0.25) is 0 Å². The van der Waals surface area contributed by atoms with E-state index in [0.29, 0.717) is 16.6 Å². The highest BCUT2D eigenvalue weighted by Gasteiger charge is 2.10. The first-order chi connectivity index (χ1) is 11.6. The van der Waals surface area contributed by atoms with Gasteiger partial charge < -0.3 is 10.5 Å². The quantitative estimate of drug-likeness (QED) is 0.564. The van der Waals surface area contributed by atoms with Gasteiger partial charge in [-0.2, -0.15) is 0 Å². The number of nitrogens with two attached hydrogens (primary N) is 1. The minimum absolute atomic E-state index is 0.450. The van der Waals surface area contributed by atoms with Gasteiger partial charge in [0.05, 0.1) is 7.11 Å². The van der Waals surface area contributed by atoms with Crippen molar-refractivity contribution >= 4 is 28.6 Å². The number of methoxy groups -OCH3 is 1. The lowest BCUT2D eigenvalue weighted by molar-refractivity contribution is 0.414. The monoisotopic (exact) mass is 342 g/mol. The lowest BCUT2D eigenvalue weighted by atomic mass is 10.0. The zero-order chi connectivity index (χ0) is 17.7. The van der Waals surface area contributed by atoms with E-state index in [2.05, 4.69) is 21.0 Å². The normalized spacial score (nSPS) is 10.2. The van der Waals surface area contributed by atoms with Gasteiger partial charge in [0.1, 0.15) is 11.6 Å². The molecule has 6 heteroatoms. The lowest BCUT2D eigenvalue weighted by Crippen LogP contribution is -1.98. The number of nitrogens with zero attached hydrogens (tertiary/aromatic N) is 3. The standard InChI is InChI=1S/C16H16N4OS.C2H6/c1-9-4-10(6-12(5-9)21-2)13-7-11-8-18-16(22-3)20-15(11)19-14(13)17;1-2/h4-8H,1-3H3,(H2,17,18,19,20);1-2H3. The molecule has 5 nitrogen and oxygen atoms in total. The van der Waals surface area contributed by atoms with E-state index in [1.807, 2.05) is 45.2 Å². The van der Waals surface area contributed by atoms with Crippen LogP contribution in [-0.4, -0.2) is 28.3 Å². The lowest BCUT2D eigenvalue weighted by Gasteiger charge is -2.10. The second-order valence-electron chi connectivity index (χ2n) is 4.93. The summed E-state index contributed by atoms with van der Waals surface area (Å²) in [4.78, 5) is 13.1. The maximum atomic E-state index is 6.13. The molecule has 24 heavy (non-hydrogen) atoms. The fourth-order valence-corrected chi connectivity index (χ4v) is 2.65. The molecule has 0 bridgehead atoms. The van der Waals surface area contributed by atoms with E-state index in [4.69, 9.17) is 10.5 Å². The third-order valence-corrected chi connectivity index (χ3v) is 3.92. The molecule has 1 aromatic carbocycles. The molecule has 2 N–H and O–H groups in total. The van der Waals surface area contributed by atoms with Gasteiger partial charge in [-0.05, 0) is 42.5 Å². The third kappa shape index (κ3) is 3.76. The van der Waals surface area contributed by atoms with E-state index >= 15 is 0 Å². The van der Waals surface area contributed by atoms with E-state index in [0.717, 1.165) is 27.8 Å². The minimum atomic E-state index is 0.450. The summed E-state index contributed by atoms with van der Waals surface area (Å²) in [5.41, 5.74) is 9.67. The van der Waals surface area contributed by atoms with Crippen molar-refractivity contribution in [2.24, 2.45) is 0 Å². The van der Waals surface area contributed by atoms with Crippen LogP contribution in [0.2, 0.25) is 0 Å². The molecule has 0 saturated heterocycles. The Balaban J connectivity index is 0.00000100. The maximum Gasteiger partial charge on any atom is 0.189 e. The number of fused-ring (bicyclic) bond motifs is 1. The second kappa shape index (κ2) is 7.97. The van der Waals surface area contributed by atoms with Crippen molar-refractivity contribution in [1.82, 2.24) is 15.0 Å². The van der Waals surface area contributed by atoms with Crippen molar-refractivity contribution in [2.45, 2.75) is 25.9 Å². The fraction of sp³-hybridized carbons (Fsp3) is 0.278. The molecule has 126 valence electrons. The first-order valence-electron chi connectivity index (χ1n) is 7.74. The number of benzene rings is 1. The number of hydrogen-bond donors (Lipinski definition) is 1. The average Bonchev–Trinajstić information content (AvgIpc) is 2.61. The van der Waals surface area contributed by atoms with Gasteiger partial charge >= 0.3 is 0 Å². The Morgan fingerprint density at radius 2 is 1.83 bits per heavy atom. The third-order valence-electron chi connectivity index (χ3n) is 3.36. The Morgan fingerprint density at radius 1 is 1.08 bits per heavy atom. The van der Waals surface area contributed by atoms with E-state index in [1.54, 1.807) is 13.3 Å². The molecule has 0 amide bonds. The van der Waals surface area contributed by atoms with Gasteiger partial charge in [0.25, 0.3) is 0 Å². The molecule has 0 aliphatic rings. The van der Waals surface area contributed by atoms with Crippen LogP contribution in [0.4, 0.5) is 5.82 Å². The summed E-state index contributed by atoms with van der Waals surface area (Å²) in [5.74, 6) is 1.24. The van der Waals surface area contributed by atoms with Crippen molar-refractivity contribution in [1.29, 1.82) is 0 Å². The summed E-state index contributed by atoms with van der Waals surface area (Å²) in [6.45, 7) is 6.02. The zero-order valence-electron chi connectivity index (χ0n) is 14.6. The molecule has 0 fully saturated rings. The van der Waals surface area contributed by atoms with Crippen LogP contribution < -0.4 is 10.5 Å². The summed E-state index contributed by atoms with van der Waals surface area (Å²) >= 11 is 1.48. The molecular formula is C18H22N4OS. The van der Waals surface area contributed by atoms with Crippen LogP contribution in [0.3, 0.4) is 0 Å². The molecule has 0 unspecified atom stereocenters. The topological polar surface area (TPSA) is 73.9 Å². The molecule has 0 aliphatic heterocycles. The predicted molar refractivity (Wildman–Crippen MR) is 102 cm³/mol. The number of ether oxygens (including phenoxy) is 1. The number of thioether (sulfide) groups is 1. The van der Waals surface area contributed by atoms with E-state index in [9.17, 15) is 0 Å². The van der Waals surface area contributed by atoms with Crippen LogP contribution in [0.5, 0.6) is 5.75 Å². The molecule has 0 saturated carbocycles. The number of anilines is 1. The first kappa shape index (κ1) is 18.0. The number of hydrogen-bond acceptors (Lipinski definition) is 6. The van der Waals surface area contributed by atoms with E-state index in [-0.39, 0.29) is 0 Å². The van der Waals surface area contributed by atoms with E-state index in [1.165, 1.54) is 11.8 Å². The summed E-state index contributed by atoms with van der Waals surface area (Å²) < 4.78 is 5.33. The van der Waals surface area contributed by atoms with Gasteiger partial charge in [-0.1, -0.05) is 31.7 Å². The van der Waals surface area contributed by atoms with Gasteiger partial charge in [-0.3, -0.25) is 0 Å². The number of aryl methyl sites for hydroxylation is 1. The van der Waals surface area contributed by atoms with E-state index < -0.39 is 0 Å². The Kier molecular flexibility index (Phi) is 5.98. The van der Waals surface area contributed by atoms with Crippen molar-refractivity contribution in [3.8, 4) is 16.9 Å². The average molecular weight is 342 g/mol. The van der Waals surface area contributed by atoms with Crippen molar-refractivity contribution in [3.63, 3.8) is 0 Å². The van der Waals surface area contributed by atoms with Crippen LogP contribution in [-0.2, 0) is 0 Å². The number of rotatable bonds is 3. The fourth-order valence-electron chi connectivity index (χ4n) is 2.31. The largest absolute Gasteiger partial charge is 0.497 e. The van der Waals surface area contributed by atoms with Crippen LogP contribution in [0, 0.1) is 6.92 Å². The molecule has 0 aliphatic carbocycles. The molecule has 3 aromatic rings. The van der Waals surface area contributed by atoms with Crippen molar-refractivity contribution in [2.75, 3.05) is 19.1 Å². The number of aromatic nitrogens is 3. The summed E-state index contributed by atoms with van der Waals surface area (Å²) in [6.07, 6.45) is 3.70. The number of pyridine rings is 1. The van der Waals surface area contributed by atoms with Crippen molar-refractivity contribution in [3.05, 3.63) is 36.0 Å². The highest BCUT2D eigenvalue weighted by molar-refractivity contribution is 7.98. The van der Waals surface area contributed by atoms with Gasteiger partial charge in [0, 0.05) is 17.1 Å². The van der Waals surface area contributed by atoms with Crippen LogP contribution in [0.25, 0.3) is 22.2 Å². The van der Waals surface area contributed by atoms with Crippen LogP contribution in [0.1, 0.15) is 19.4 Å². The van der Waals surface area contributed by atoms with Crippen LogP contribution in [0.15, 0.2) is 35.6 Å². The zero-order valence-corrected chi connectivity index (χ0v) is 15.4. The van der Waals surface area contributed by atoms with Gasteiger partial charge in [-0.15, -0.1) is 0 Å². The molecule has 0 atom stereocenters. The highest BCUT2D eigenvalue weighted by atomic mass is 32.2. The number of nitrogen functional groups attached to an aromatic ring is 1. The van der Waals surface area contributed by atoms with Gasteiger partial charge in [-0.25, -0.2) is 15.0 Å². The molecule has 2 aromatic heterocycles. The Labute approximate surface area is 146 Å². The summed E-state index contributed by atoms with van der Waals surface area (Å²) in [5, 5.41) is 1.55. The van der Waals surface area contributed by atoms with Gasteiger partial charge in [0.15, 0.2) is 10.8 Å². The Bertz CT molecular complexity index is 852. The molecular weight excluding hydrogens is 320 g/mol. The maximum absolute atomic E-state index is 6.13. The highest BCUT2D eigenvalue weighted by Crippen LogP contribution is 2.31. The first-order valence-corrected chi connectivity index (χ1v) is 8.96. The molecule has 3 rings (SSSR count). The predicted octanol–water partition coefficient (Wildman–Crippen LogP) is 4.34. The molecule has 2 heterocycles. The smallest absolute Gasteiger partial charge is 0.189 e. The second-order valence-corrected chi connectivity index (χ2v) is 5.70. The SMILES string of the molecule is CC.COc1cc(C)cc(-c2cc3cnc(SC)nc3nc2N)c1. The Hall–Kier alpha value is -2.34.